The highest BCUT2D eigenvalue weighted by Crippen LogP contribution is 2.30. The van der Waals surface area contributed by atoms with Gasteiger partial charge in [0.25, 0.3) is 10.0 Å². The van der Waals surface area contributed by atoms with Crippen molar-refractivity contribution in [1.82, 2.24) is 4.98 Å². The minimum atomic E-state index is -3.64. The molecule has 1 N–H and O–H groups in total. The van der Waals surface area contributed by atoms with E-state index in [0.29, 0.717) is 11.7 Å². The van der Waals surface area contributed by atoms with E-state index in [2.05, 4.69) is 9.71 Å². The number of aromatic nitrogens is 1. The summed E-state index contributed by atoms with van der Waals surface area (Å²) in [6.45, 7) is 4.35. The number of benzene rings is 2. The zero-order valence-electron chi connectivity index (χ0n) is 12.7. The number of sulfonamides is 1. The first-order chi connectivity index (χ1) is 11.0. The fraction of sp³-hybridized carbons (Fsp3) is 0.188. The van der Waals surface area contributed by atoms with Gasteiger partial charge in [-0.05, 0) is 49.7 Å². The number of hydrogen-bond donors (Lipinski definition) is 1. The topological polar surface area (TPSA) is 68.3 Å². The summed E-state index contributed by atoms with van der Waals surface area (Å²) in [6.07, 6.45) is 0. The summed E-state index contributed by atoms with van der Waals surface area (Å²) in [7, 11) is -3.64. The minimum Gasteiger partial charge on any atom is -0.494 e. The Morgan fingerprint density at radius 2 is 2.04 bits per heavy atom. The SMILES string of the molecule is CCOc1ccc2nc(NS(=O)(=O)c3cccc(C)c3)sc2c1. The maximum Gasteiger partial charge on any atom is 0.263 e. The lowest BCUT2D eigenvalue weighted by Gasteiger charge is -2.05. The highest BCUT2D eigenvalue weighted by atomic mass is 32.2. The third kappa shape index (κ3) is 3.46. The van der Waals surface area contributed by atoms with E-state index in [4.69, 9.17) is 4.74 Å². The van der Waals surface area contributed by atoms with Gasteiger partial charge in [0.05, 0.1) is 21.7 Å². The molecule has 0 unspecified atom stereocenters. The van der Waals surface area contributed by atoms with Crippen LogP contribution in [-0.4, -0.2) is 20.0 Å². The first kappa shape index (κ1) is 15.8. The number of nitrogens with zero attached hydrogens (tertiary/aromatic N) is 1. The molecule has 3 aromatic rings. The molecule has 0 amide bonds. The molecule has 23 heavy (non-hydrogen) atoms. The number of thiazole rings is 1. The largest absolute Gasteiger partial charge is 0.494 e. The van der Waals surface area contributed by atoms with Crippen molar-refractivity contribution in [3.63, 3.8) is 0 Å². The zero-order chi connectivity index (χ0) is 16.4. The molecule has 3 rings (SSSR count). The van der Waals surface area contributed by atoms with Crippen molar-refractivity contribution >= 4 is 36.7 Å². The highest BCUT2D eigenvalue weighted by molar-refractivity contribution is 7.93. The summed E-state index contributed by atoms with van der Waals surface area (Å²) < 4.78 is 33.7. The van der Waals surface area contributed by atoms with E-state index in [1.165, 1.54) is 11.3 Å². The Kier molecular flexibility index (Phi) is 4.23. The van der Waals surface area contributed by atoms with Crippen LogP contribution >= 0.6 is 11.3 Å². The molecule has 0 spiro atoms. The van der Waals surface area contributed by atoms with Crippen LogP contribution in [0.1, 0.15) is 12.5 Å². The molecule has 7 heteroatoms. The molecule has 1 heterocycles. The maximum atomic E-state index is 12.4. The van der Waals surface area contributed by atoms with Gasteiger partial charge < -0.3 is 4.74 Å². The summed E-state index contributed by atoms with van der Waals surface area (Å²) in [4.78, 5) is 4.55. The lowest BCUT2D eigenvalue weighted by Crippen LogP contribution is -2.12. The van der Waals surface area contributed by atoms with Gasteiger partial charge in [0.2, 0.25) is 0 Å². The minimum absolute atomic E-state index is 0.228. The standard InChI is InChI=1S/C16H16N2O3S2/c1-3-21-12-7-8-14-15(10-12)22-16(17-14)18-23(19,20)13-6-4-5-11(2)9-13/h4-10H,3H2,1-2H3,(H,17,18). The van der Waals surface area contributed by atoms with Crippen LogP contribution in [0, 0.1) is 6.92 Å². The molecule has 0 fully saturated rings. The first-order valence-corrected chi connectivity index (χ1v) is 9.41. The quantitative estimate of drug-likeness (QED) is 0.761. The third-order valence-corrected chi connectivity index (χ3v) is 5.59. The summed E-state index contributed by atoms with van der Waals surface area (Å²) in [5, 5.41) is 0.343. The molecular weight excluding hydrogens is 332 g/mol. The molecule has 0 saturated carbocycles. The number of fused-ring (bicyclic) bond motifs is 1. The molecule has 0 aliphatic carbocycles. The highest BCUT2D eigenvalue weighted by Gasteiger charge is 2.16. The number of hydrogen-bond acceptors (Lipinski definition) is 5. The molecule has 5 nitrogen and oxygen atoms in total. The summed E-state index contributed by atoms with van der Waals surface area (Å²) in [6, 6.07) is 12.3. The van der Waals surface area contributed by atoms with Gasteiger partial charge in [-0.15, -0.1) is 0 Å². The molecule has 0 saturated heterocycles. The van der Waals surface area contributed by atoms with Crippen molar-refractivity contribution in [3.05, 3.63) is 48.0 Å². The predicted octanol–water partition coefficient (Wildman–Crippen LogP) is 3.80. The van der Waals surface area contributed by atoms with Crippen LogP contribution < -0.4 is 9.46 Å². The third-order valence-electron chi connectivity index (χ3n) is 3.19. The second-order valence-corrected chi connectivity index (χ2v) is 7.72. The van der Waals surface area contributed by atoms with Crippen molar-refractivity contribution in [2.24, 2.45) is 0 Å². The van der Waals surface area contributed by atoms with Gasteiger partial charge in [-0.1, -0.05) is 23.5 Å². The van der Waals surface area contributed by atoms with Gasteiger partial charge in [-0.3, -0.25) is 4.72 Å². The van der Waals surface area contributed by atoms with Gasteiger partial charge in [0.1, 0.15) is 5.75 Å². The molecule has 120 valence electrons. The lowest BCUT2D eigenvalue weighted by molar-refractivity contribution is 0.341. The van der Waals surface area contributed by atoms with Crippen LogP contribution in [0.5, 0.6) is 5.75 Å². The van der Waals surface area contributed by atoms with Gasteiger partial charge in [0, 0.05) is 0 Å². The fourth-order valence-corrected chi connectivity index (χ4v) is 4.39. The Labute approximate surface area is 139 Å². The number of ether oxygens (including phenoxy) is 1. The Balaban J connectivity index is 1.91. The Morgan fingerprint density at radius 3 is 2.78 bits per heavy atom. The molecule has 0 bridgehead atoms. The molecule has 0 atom stereocenters. The summed E-state index contributed by atoms with van der Waals surface area (Å²) in [5.41, 5.74) is 1.62. The van der Waals surface area contributed by atoms with Crippen molar-refractivity contribution in [3.8, 4) is 5.75 Å². The van der Waals surface area contributed by atoms with E-state index in [-0.39, 0.29) is 4.90 Å². The fourth-order valence-electron chi connectivity index (χ4n) is 2.16. The van der Waals surface area contributed by atoms with Crippen molar-refractivity contribution in [2.45, 2.75) is 18.7 Å². The maximum absolute atomic E-state index is 12.4. The predicted molar refractivity (Wildman–Crippen MR) is 92.8 cm³/mol. The second-order valence-electron chi connectivity index (χ2n) is 5.00. The Morgan fingerprint density at radius 1 is 1.22 bits per heavy atom. The number of aryl methyl sites for hydroxylation is 1. The van der Waals surface area contributed by atoms with Crippen LogP contribution in [0.2, 0.25) is 0 Å². The van der Waals surface area contributed by atoms with Crippen LogP contribution in [0.3, 0.4) is 0 Å². The smallest absolute Gasteiger partial charge is 0.263 e. The van der Waals surface area contributed by atoms with Gasteiger partial charge in [0.15, 0.2) is 5.13 Å². The Bertz CT molecular complexity index is 949. The van der Waals surface area contributed by atoms with Crippen LogP contribution in [-0.2, 0) is 10.0 Å². The average Bonchev–Trinajstić information content (AvgIpc) is 2.88. The van der Waals surface area contributed by atoms with Gasteiger partial charge >= 0.3 is 0 Å². The van der Waals surface area contributed by atoms with Crippen LogP contribution in [0.4, 0.5) is 5.13 Å². The molecule has 0 aliphatic rings. The van der Waals surface area contributed by atoms with E-state index in [1.807, 2.05) is 38.1 Å². The normalized spacial score (nSPS) is 11.6. The molecule has 2 aromatic carbocycles. The number of rotatable bonds is 5. The van der Waals surface area contributed by atoms with E-state index in [0.717, 1.165) is 21.5 Å². The first-order valence-electron chi connectivity index (χ1n) is 7.11. The Hall–Kier alpha value is -2.12. The number of anilines is 1. The lowest BCUT2D eigenvalue weighted by atomic mass is 10.2. The second kappa shape index (κ2) is 6.17. The molecule has 1 aromatic heterocycles. The van der Waals surface area contributed by atoms with Crippen molar-refractivity contribution in [1.29, 1.82) is 0 Å². The van der Waals surface area contributed by atoms with Gasteiger partial charge in [-0.25, -0.2) is 13.4 Å². The van der Waals surface area contributed by atoms with E-state index < -0.39 is 10.0 Å². The summed E-state index contributed by atoms with van der Waals surface area (Å²) >= 11 is 1.28. The average molecular weight is 348 g/mol. The van der Waals surface area contributed by atoms with E-state index in [9.17, 15) is 8.42 Å². The van der Waals surface area contributed by atoms with Crippen molar-refractivity contribution in [2.75, 3.05) is 11.3 Å². The van der Waals surface area contributed by atoms with Gasteiger partial charge in [-0.2, -0.15) is 0 Å². The molecular formula is C16H16N2O3S2. The molecule has 0 radical (unpaired) electrons. The van der Waals surface area contributed by atoms with Crippen LogP contribution in [0.15, 0.2) is 47.4 Å². The molecule has 0 aliphatic heterocycles. The summed E-state index contributed by atoms with van der Waals surface area (Å²) in [5.74, 6) is 0.747. The van der Waals surface area contributed by atoms with Crippen molar-refractivity contribution < 1.29 is 13.2 Å². The number of nitrogens with one attached hydrogen (secondary N) is 1. The van der Waals surface area contributed by atoms with E-state index in [1.54, 1.807) is 18.2 Å². The zero-order valence-corrected chi connectivity index (χ0v) is 14.4. The van der Waals surface area contributed by atoms with Crippen LogP contribution in [0.25, 0.3) is 10.2 Å². The monoisotopic (exact) mass is 348 g/mol. The van der Waals surface area contributed by atoms with E-state index >= 15 is 0 Å².